The highest BCUT2D eigenvalue weighted by Gasteiger charge is 2.30. The minimum atomic E-state index is -0.726. The third kappa shape index (κ3) is 5.38. The quantitative estimate of drug-likeness (QED) is 0.641. The maximum atomic E-state index is 10.9. The van der Waals surface area contributed by atoms with Crippen molar-refractivity contribution in [1.29, 1.82) is 0 Å². The van der Waals surface area contributed by atoms with Crippen molar-refractivity contribution >= 4 is 5.97 Å². The van der Waals surface area contributed by atoms with Gasteiger partial charge in [-0.15, -0.1) is 0 Å². The van der Waals surface area contributed by atoms with E-state index in [1.165, 1.54) is 0 Å². The second kappa shape index (κ2) is 7.78. The van der Waals surface area contributed by atoms with E-state index in [1.54, 1.807) is 0 Å². The van der Waals surface area contributed by atoms with Gasteiger partial charge in [0.1, 0.15) is 0 Å². The number of hydrogen-bond donors (Lipinski definition) is 1. The number of carboxylic acids is 1. The molecule has 0 spiro atoms. The molecule has 0 aliphatic heterocycles. The third-order valence-electron chi connectivity index (χ3n) is 4.59. The van der Waals surface area contributed by atoms with Crippen molar-refractivity contribution in [3.8, 4) is 0 Å². The largest absolute Gasteiger partial charge is 0.481 e. The molecule has 0 aliphatic carbocycles. The second-order valence-electron chi connectivity index (χ2n) is 5.79. The fraction of sp³-hybridized carbons (Fsp3) is 0.933. The van der Waals surface area contributed by atoms with Crippen LogP contribution in [0.5, 0.6) is 0 Å². The third-order valence-corrected chi connectivity index (χ3v) is 4.59. The molecule has 0 rings (SSSR count). The average Bonchev–Trinajstić information content (AvgIpc) is 2.36. The summed E-state index contributed by atoms with van der Waals surface area (Å²) in [5.74, 6) is -0.726. The van der Waals surface area contributed by atoms with Crippen LogP contribution in [0.25, 0.3) is 0 Å². The maximum absolute atomic E-state index is 10.9. The molecule has 0 aromatic heterocycles. The molecule has 0 heterocycles. The lowest BCUT2D eigenvalue weighted by molar-refractivity contribution is -0.141. The van der Waals surface area contributed by atoms with Gasteiger partial charge in [-0.25, -0.2) is 0 Å². The Kier molecular flexibility index (Phi) is 7.53. The summed E-state index contributed by atoms with van der Waals surface area (Å²) in [7, 11) is 0. The van der Waals surface area contributed by atoms with Crippen molar-refractivity contribution in [2.45, 2.75) is 66.7 Å². The molecular weight excluding hydrogens is 228 g/mol. The van der Waals surface area contributed by atoms with Crippen molar-refractivity contribution in [1.82, 2.24) is 0 Å². The molecule has 0 bridgehead atoms. The summed E-state index contributed by atoms with van der Waals surface area (Å²) in [6, 6.07) is 0. The predicted octanol–water partition coefficient (Wildman–Crippen LogP) is 4.11. The molecule has 3 nitrogen and oxygen atoms in total. The molecule has 0 fully saturated rings. The van der Waals surface area contributed by atoms with Crippen LogP contribution in [0.15, 0.2) is 0 Å². The van der Waals surface area contributed by atoms with E-state index in [4.69, 9.17) is 9.84 Å². The number of rotatable bonds is 10. The summed E-state index contributed by atoms with van der Waals surface area (Å²) in [4.78, 5) is 10.9. The molecule has 0 radical (unpaired) electrons. The standard InChI is InChI=1S/C15H30O3/c1-6-14(5,7-2)11-18-12-15(8-3,9-4)10-13(16)17/h6-12H2,1-5H3,(H,16,17). The maximum Gasteiger partial charge on any atom is 0.303 e. The molecule has 0 unspecified atom stereocenters. The number of carbonyl (C=O) groups is 1. The Bertz CT molecular complexity index is 240. The summed E-state index contributed by atoms with van der Waals surface area (Å²) in [5.41, 5.74) is 0.0185. The molecule has 0 saturated heterocycles. The summed E-state index contributed by atoms with van der Waals surface area (Å²) < 4.78 is 5.87. The van der Waals surface area contributed by atoms with Gasteiger partial charge in [-0.2, -0.15) is 0 Å². The van der Waals surface area contributed by atoms with Gasteiger partial charge in [0, 0.05) is 5.41 Å². The van der Waals surface area contributed by atoms with Crippen LogP contribution in [0.3, 0.4) is 0 Å². The van der Waals surface area contributed by atoms with Crippen LogP contribution in [0, 0.1) is 10.8 Å². The van der Waals surface area contributed by atoms with E-state index in [2.05, 4.69) is 34.6 Å². The fourth-order valence-corrected chi connectivity index (χ4v) is 2.04. The molecule has 0 aliphatic rings. The SMILES string of the molecule is CCC(C)(CC)COCC(CC)(CC)CC(=O)O. The van der Waals surface area contributed by atoms with Gasteiger partial charge < -0.3 is 9.84 Å². The smallest absolute Gasteiger partial charge is 0.303 e. The zero-order valence-electron chi connectivity index (χ0n) is 12.7. The zero-order valence-corrected chi connectivity index (χ0v) is 12.7. The molecule has 108 valence electrons. The topological polar surface area (TPSA) is 46.5 Å². The molecular formula is C15H30O3. The number of hydrogen-bond acceptors (Lipinski definition) is 2. The van der Waals surface area contributed by atoms with Crippen LogP contribution in [0.2, 0.25) is 0 Å². The van der Waals surface area contributed by atoms with E-state index in [1.807, 2.05) is 0 Å². The van der Waals surface area contributed by atoms with Gasteiger partial charge in [0.2, 0.25) is 0 Å². The summed E-state index contributed by atoms with van der Waals surface area (Å²) in [6.45, 7) is 12.0. The highest BCUT2D eigenvalue weighted by atomic mass is 16.5. The van der Waals surface area contributed by atoms with Crippen molar-refractivity contribution in [2.24, 2.45) is 10.8 Å². The van der Waals surface area contributed by atoms with Gasteiger partial charge in [-0.3, -0.25) is 4.79 Å². The Morgan fingerprint density at radius 3 is 1.83 bits per heavy atom. The lowest BCUT2D eigenvalue weighted by atomic mass is 9.80. The minimum absolute atomic E-state index is 0.200. The lowest BCUT2D eigenvalue weighted by Gasteiger charge is -2.33. The zero-order chi connectivity index (χ0) is 14.2. The molecule has 1 N–H and O–H groups in total. The molecule has 0 aromatic carbocycles. The van der Waals surface area contributed by atoms with E-state index >= 15 is 0 Å². The van der Waals surface area contributed by atoms with E-state index in [9.17, 15) is 4.79 Å². The lowest BCUT2D eigenvalue weighted by Crippen LogP contribution is -2.31. The van der Waals surface area contributed by atoms with Crippen molar-refractivity contribution < 1.29 is 14.6 Å². The summed E-state index contributed by atoms with van der Waals surface area (Å²) >= 11 is 0. The fourth-order valence-electron chi connectivity index (χ4n) is 2.04. The van der Waals surface area contributed by atoms with E-state index in [0.29, 0.717) is 6.61 Å². The van der Waals surface area contributed by atoms with Crippen LogP contribution in [-0.2, 0) is 9.53 Å². The predicted molar refractivity (Wildman–Crippen MR) is 74.8 cm³/mol. The van der Waals surface area contributed by atoms with Crippen LogP contribution < -0.4 is 0 Å². The van der Waals surface area contributed by atoms with Gasteiger partial charge in [0.15, 0.2) is 0 Å². The van der Waals surface area contributed by atoms with Crippen molar-refractivity contribution in [3.05, 3.63) is 0 Å². The molecule has 0 aromatic rings. The van der Waals surface area contributed by atoms with Crippen LogP contribution in [0.1, 0.15) is 66.7 Å². The first-order valence-corrected chi connectivity index (χ1v) is 7.16. The Hall–Kier alpha value is -0.570. The van der Waals surface area contributed by atoms with Crippen LogP contribution in [-0.4, -0.2) is 24.3 Å². The molecule has 18 heavy (non-hydrogen) atoms. The number of ether oxygens (including phenoxy) is 1. The van der Waals surface area contributed by atoms with Gasteiger partial charge in [0.05, 0.1) is 19.6 Å². The van der Waals surface area contributed by atoms with Gasteiger partial charge in [-0.1, -0.05) is 34.6 Å². The Balaban J connectivity index is 4.40. The molecule has 0 amide bonds. The first-order valence-electron chi connectivity index (χ1n) is 7.16. The normalized spacial score (nSPS) is 12.7. The number of carboxylic acid groups (broad SMARTS) is 1. The minimum Gasteiger partial charge on any atom is -0.481 e. The average molecular weight is 258 g/mol. The Labute approximate surface area is 112 Å². The van der Waals surface area contributed by atoms with Gasteiger partial charge in [0.25, 0.3) is 0 Å². The van der Waals surface area contributed by atoms with Crippen LogP contribution in [0.4, 0.5) is 0 Å². The molecule has 3 heteroatoms. The van der Waals surface area contributed by atoms with E-state index < -0.39 is 5.97 Å². The summed E-state index contributed by atoms with van der Waals surface area (Å²) in [5, 5.41) is 9.01. The summed E-state index contributed by atoms with van der Waals surface area (Å²) in [6.07, 6.45) is 4.09. The van der Waals surface area contributed by atoms with Crippen molar-refractivity contribution in [3.63, 3.8) is 0 Å². The first-order chi connectivity index (χ1) is 8.37. The highest BCUT2D eigenvalue weighted by Crippen LogP contribution is 2.33. The second-order valence-corrected chi connectivity index (χ2v) is 5.79. The van der Waals surface area contributed by atoms with Gasteiger partial charge in [-0.05, 0) is 31.1 Å². The van der Waals surface area contributed by atoms with E-state index in [-0.39, 0.29) is 17.3 Å². The van der Waals surface area contributed by atoms with Gasteiger partial charge >= 0.3 is 5.97 Å². The Morgan fingerprint density at radius 2 is 1.50 bits per heavy atom. The van der Waals surface area contributed by atoms with Crippen molar-refractivity contribution in [2.75, 3.05) is 13.2 Å². The van der Waals surface area contributed by atoms with E-state index in [0.717, 1.165) is 32.3 Å². The first kappa shape index (κ1) is 17.4. The highest BCUT2D eigenvalue weighted by molar-refractivity contribution is 5.67. The van der Waals surface area contributed by atoms with Crippen LogP contribution >= 0.6 is 0 Å². The Morgan fingerprint density at radius 1 is 1.00 bits per heavy atom. The number of aliphatic carboxylic acids is 1. The molecule has 0 saturated carbocycles. The molecule has 0 atom stereocenters. The monoisotopic (exact) mass is 258 g/mol.